The highest BCUT2D eigenvalue weighted by Crippen LogP contribution is 2.36. The summed E-state index contributed by atoms with van der Waals surface area (Å²) in [6, 6.07) is 1.51. The van der Waals surface area contributed by atoms with Gasteiger partial charge in [-0.25, -0.2) is 4.39 Å². The summed E-state index contributed by atoms with van der Waals surface area (Å²) < 4.78 is 14.1. The first kappa shape index (κ1) is 13.9. The van der Waals surface area contributed by atoms with Gasteiger partial charge in [0.05, 0.1) is 17.1 Å². The molecular formula is C12H19ClFN3. The highest BCUT2D eigenvalue weighted by Gasteiger charge is 2.18. The quantitative estimate of drug-likeness (QED) is 0.798. The molecule has 0 aliphatic carbocycles. The number of halogens is 2. The minimum atomic E-state index is -0.522. The van der Waals surface area contributed by atoms with Gasteiger partial charge in [-0.15, -0.1) is 0 Å². The monoisotopic (exact) mass is 259 g/mol. The van der Waals surface area contributed by atoms with E-state index in [0.29, 0.717) is 11.4 Å². The summed E-state index contributed by atoms with van der Waals surface area (Å²) in [6.45, 7) is 5.57. The molecule has 0 saturated carbocycles. The van der Waals surface area contributed by atoms with Crippen molar-refractivity contribution >= 4 is 28.7 Å². The predicted molar refractivity (Wildman–Crippen MR) is 73.0 cm³/mol. The molecule has 4 N–H and O–H groups in total. The zero-order valence-corrected chi connectivity index (χ0v) is 11.0. The van der Waals surface area contributed by atoms with Gasteiger partial charge in [0.15, 0.2) is 5.82 Å². The molecule has 0 bridgehead atoms. The van der Waals surface area contributed by atoms with E-state index < -0.39 is 5.82 Å². The molecule has 5 heteroatoms. The minimum Gasteiger partial charge on any atom is -0.397 e. The average molecular weight is 260 g/mol. The van der Waals surface area contributed by atoms with E-state index in [1.165, 1.54) is 6.07 Å². The number of benzene rings is 1. The second kappa shape index (κ2) is 5.96. The summed E-state index contributed by atoms with van der Waals surface area (Å²) in [7, 11) is 0. The van der Waals surface area contributed by atoms with Crippen molar-refractivity contribution in [3.8, 4) is 0 Å². The van der Waals surface area contributed by atoms with Crippen molar-refractivity contribution in [1.82, 2.24) is 0 Å². The lowest BCUT2D eigenvalue weighted by molar-refractivity contribution is 0.615. The number of nitrogen functional groups attached to an aromatic ring is 2. The molecule has 17 heavy (non-hydrogen) atoms. The van der Waals surface area contributed by atoms with E-state index in [1.54, 1.807) is 0 Å². The summed E-state index contributed by atoms with van der Waals surface area (Å²) in [4.78, 5) is 1.91. The van der Waals surface area contributed by atoms with Crippen LogP contribution < -0.4 is 16.4 Å². The van der Waals surface area contributed by atoms with Crippen molar-refractivity contribution in [2.75, 3.05) is 29.5 Å². The van der Waals surface area contributed by atoms with Crippen LogP contribution in [0.1, 0.15) is 26.7 Å². The zero-order chi connectivity index (χ0) is 13.0. The number of hydrogen-bond donors (Lipinski definition) is 2. The van der Waals surface area contributed by atoms with E-state index >= 15 is 0 Å². The highest BCUT2D eigenvalue weighted by atomic mass is 35.5. The smallest absolute Gasteiger partial charge is 0.169 e. The molecule has 0 heterocycles. The highest BCUT2D eigenvalue weighted by molar-refractivity contribution is 6.33. The fourth-order valence-electron chi connectivity index (χ4n) is 1.85. The van der Waals surface area contributed by atoms with Gasteiger partial charge in [0, 0.05) is 13.1 Å². The maximum absolute atomic E-state index is 14.1. The first-order valence-corrected chi connectivity index (χ1v) is 6.18. The van der Waals surface area contributed by atoms with Gasteiger partial charge in [-0.3, -0.25) is 0 Å². The van der Waals surface area contributed by atoms with Crippen molar-refractivity contribution < 1.29 is 4.39 Å². The third-order valence-corrected chi connectivity index (χ3v) is 2.93. The summed E-state index contributed by atoms with van der Waals surface area (Å²) in [6.07, 6.45) is 1.84. The van der Waals surface area contributed by atoms with Gasteiger partial charge < -0.3 is 16.4 Å². The molecule has 0 fully saturated rings. The lowest BCUT2D eigenvalue weighted by Gasteiger charge is -2.26. The maximum atomic E-state index is 14.1. The predicted octanol–water partition coefficient (Wildman–Crippen LogP) is 3.27. The molecule has 0 spiro atoms. The Labute approximate surface area is 107 Å². The molecule has 0 unspecified atom stereocenters. The maximum Gasteiger partial charge on any atom is 0.169 e. The number of hydrogen-bond acceptors (Lipinski definition) is 3. The van der Waals surface area contributed by atoms with E-state index in [1.807, 2.05) is 18.7 Å². The normalized spacial score (nSPS) is 10.6. The largest absolute Gasteiger partial charge is 0.397 e. The third-order valence-electron chi connectivity index (χ3n) is 2.54. The topological polar surface area (TPSA) is 55.3 Å². The first-order valence-electron chi connectivity index (χ1n) is 5.80. The molecule has 0 saturated heterocycles. The molecule has 1 aromatic carbocycles. The first-order chi connectivity index (χ1) is 8.02. The number of nitrogens with zero attached hydrogens (tertiary/aromatic N) is 1. The van der Waals surface area contributed by atoms with Crippen LogP contribution in [0.2, 0.25) is 5.02 Å². The molecule has 0 radical (unpaired) electrons. The van der Waals surface area contributed by atoms with Crippen LogP contribution in [0.4, 0.5) is 21.5 Å². The average Bonchev–Trinajstić information content (AvgIpc) is 2.27. The lowest BCUT2D eigenvalue weighted by atomic mass is 10.2. The SMILES string of the molecule is CCCN(CCC)c1c(N)cc(N)c(Cl)c1F. The summed E-state index contributed by atoms with van der Waals surface area (Å²) >= 11 is 5.82. The van der Waals surface area contributed by atoms with Crippen LogP contribution in [0.15, 0.2) is 6.07 Å². The molecule has 1 aromatic rings. The third kappa shape index (κ3) is 2.94. The fourth-order valence-corrected chi connectivity index (χ4v) is 2.00. The fraction of sp³-hybridized carbons (Fsp3) is 0.500. The molecule has 96 valence electrons. The van der Waals surface area contributed by atoms with Crippen molar-refractivity contribution in [3.05, 3.63) is 16.9 Å². The van der Waals surface area contributed by atoms with Crippen LogP contribution in [0.25, 0.3) is 0 Å². The van der Waals surface area contributed by atoms with Crippen LogP contribution in [-0.4, -0.2) is 13.1 Å². The van der Waals surface area contributed by atoms with E-state index in [0.717, 1.165) is 25.9 Å². The van der Waals surface area contributed by atoms with E-state index in [9.17, 15) is 4.39 Å². The van der Waals surface area contributed by atoms with E-state index in [2.05, 4.69) is 0 Å². The van der Waals surface area contributed by atoms with Crippen molar-refractivity contribution in [1.29, 1.82) is 0 Å². The van der Waals surface area contributed by atoms with Crippen LogP contribution in [0, 0.1) is 5.82 Å². The number of anilines is 3. The Balaban J connectivity index is 3.22. The lowest BCUT2D eigenvalue weighted by Crippen LogP contribution is -2.27. The number of nitrogens with two attached hydrogens (primary N) is 2. The van der Waals surface area contributed by atoms with Crippen LogP contribution in [0.5, 0.6) is 0 Å². The van der Waals surface area contributed by atoms with Gasteiger partial charge in [-0.05, 0) is 18.9 Å². The Kier molecular flexibility index (Phi) is 4.87. The molecule has 0 aliphatic rings. The van der Waals surface area contributed by atoms with E-state index in [4.69, 9.17) is 23.1 Å². The van der Waals surface area contributed by atoms with Crippen molar-refractivity contribution in [3.63, 3.8) is 0 Å². The molecular weight excluding hydrogens is 241 g/mol. The minimum absolute atomic E-state index is 0.0496. The van der Waals surface area contributed by atoms with Gasteiger partial charge >= 0.3 is 0 Å². The van der Waals surface area contributed by atoms with Crippen molar-refractivity contribution in [2.45, 2.75) is 26.7 Å². The molecule has 0 atom stereocenters. The molecule has 3 nitrogen and oxygen atoms in total. The molecule has 0 aromatic heterocycles. The Morgan fingerprint density at radius 3 is 2.18 bits per heavy atom. The standard InChI is InChI=1S/C12H19ClFN3/c1-3-5-17(6-4-2)12-9(16)7-8(15)10(13)11(12)14/h7H,3-6,15-16H2,1-2H3. The van der Waals surface area contributed by atoms with Gasteiger partial charge in [-0.2, -0.15) is 0 Å². The van der Waals surface area contributed by atoms with Gasteiger partial charge in [0.25, 0.3) is 0 Å². The molecule has 0 aliphatic heterocycles. The molecule has 0 amide bonds. The molecule has 1 rings (SSSR count). The number of rotatable bonds is 5. The Bertz CT molecular complexity index is 390. The van der Waals surface area contributed by atoms with Crippen LogP contribution >= 0.6 is 11.6 Å². The van der Waals surface area contributed by atoms with E-state index in [-0.39, 0.29) is 10.7 Å². The summed E-state index contributed by atoms with van der Waals surface area (Å²) in [5.41, 5.74) is 12.3. The van der Waals surface area contributed by atoms with Crippen LogP contribution in [-0.2, 0) is 0 Å². The second-order valence-electron chi connectivity index (χ2n) is 4.02. The summed E-state index contributed by atoms with van der Waals surface area (Å²) in [5, 5.41) is -0.0496. The van der Waals surface area contributed by atoms with Gasteiger partial charge in [-0.1, -0.05) is 25.4 Å². The second-order valence-corrected chi connectivity index (χ2v) is 4.40. The van der Waals surface area contributed by atoms with Crippen molar-refractivity contribution in [2.24, 2.45) is 0 Å². The summed E-state index contributed by atoms with van der Waals surface area (Å²) in [5.74, 6) is -0.522. The van der Waals surface area contributed by atoms with Crippen LogP contribution in [0.3, 0.4) is 0 Å². The van der Waals surface area contributed by atoms with Gasteiger partial charge in [0.2, 0.25) is 0 Å². The van der Waals surface area contributed by atoms with Gasteiger partial charge in [0.1, 0.15) is 5.02 Å². The Morgan fingerprint density at radius 2 is 1.71 bits per heavy atom. The Hall–Kier alpha value is -1.16. The Morgan fingerprint density at radius 1 is 1.18 bits per heavy atom. The zero-order valence-electron chi connectivity index (χ0n) is 10.3.